The van der Waals surface area contributed by atoms with E-state index in [0.717, 1.165) is 19.3 Å². The van der Waals surface area contributed by atoms with Crippen molar-refractivity contribution in [2.75, 3.05) is 13.1 Å². The van der Waals surface area contributed by atoms with Gasteiger partial charge >= 0.3 is 5.97 Å². The molecule has 0 saturated heterocycles. The van der Waals surface area contributed by atoms with Gasteiger partial charge in [0.15, 0.2) is 0 Å². The molecule has 0 aromatic heterocycles. The van der Waals surface area contributed by atoms with E-state index in [-0.39, 0.29) is 24.3 Å². The van der Waals surface area contributed by atoms with Crippen molar-refractivity contribution in [2.45, 2.75) is 52.0 Å². The van der Waals surface area contributed by atoms with Gasteiger partial charge in [-0.15, -0.1) is 0 Å². The van der Waals surface area contributed by atoms with Gasteiger partial charge in [0, 0.05) is 19.0 Å². The Morgan fingerprint density at radius 3 is 2.42 bits per heavy atom. The number of carbonyl (C=O) groups excluding carboxylic acids is 1. The third-order valence-corrected chi connectivity index (χ3v) is 3.48. The van der Waals surface area contributed by atoms with Gasteiger partial charge in [-0.2, -0.15) is 0 Å². The number of hydrogen-bond acceptors (Lipinski definition) is 3. The van der Waals surface area contributed by atoms with Crippen LogP contribution in [0.2, 0.25) is 0 Å². The maximum Gasteiger partial charge on any atom is 0.305 e. The zero-order valence-electron chi connectivity index (χ0n) is 12.0. The topological polar surface area (TPSA) is 83.6 Å². The molecule has 110 valence electrons. The van der Waals surface area contributed by atoms with Crippen LogP contribution in [0.1, 0.15) is 46.0 Å². The fraction of sp³-hybridized carbons (Fsp3) is 0.857. The lowest BCUT2D eigenvalue weighted by molar-refractivity contribution is -0.139. The summed E-state index contributed by atoms with van der Waals surface area (Å²) in [5, 5.41) is 8.74. The van der Waals surface area contributed by atoms with Gasteiger partial charge in [-0.3, -0.25) is 9.59 Å². The van der Waals surface area contributed by atoms with Crippen LogP contribution in [0, 0.1) is 11.8 Å². The van der Waals surface area contributed by atoms with E-state index in [0.29, 0.717) is 25.4 Å². The molecule has 1 aliphatic carbocycles. The first-order valence-electron chi connectivity index (χ1n) is 7.15. The van der Waals surface area contributed by atoms with Gasteiger partial charge < -0.3 is 15.7 Å². The van der Waals surface area contributed by atoms with Crippen molar-refractivity contribution in [2.24, 2.45) is 17.6 Å². The maximum absolute atomic E-state index is 12.3. The monoisotopic (exact) mass is 270 g/mol. The molecular weight excluding hydrogens is 244 g/mol. The van der Waals surface area contributed by atoms with E-state index >= 15 is 0 Å². The van der Waals surface area contributed by atoms with Crippen molar-refractivity contribution in [3.63, 3.8) is 0 Å². The molecule has 0 aromatic rings. The summed E-state index contributed by atoms with van der Waals surface area (Å²) < 4.78 is 0. The number of carboxylic acid groups (broad SMARTS) is 1. The van der Waals surface area contributed by atoms with E-state index in [4.69, 9.17) is 10.8 Å². The summed E-state index contributed by atoms with van der Waals surface area (Å²) in [5.41, 5.74) is 5.72. The summed E-state index contributed by atoms with van der Waals surface area (Å²) in [6, 6.07) is 0.268. The molecule has 0 aromatic carbocycles. The largest absolute Gasteiger partial charge is 0.481 e. The molecular formula is C14H26N2O3. The van der Waals surface area contributed by atoms with Crippen LogP contribution in [0.25, 0.3) is 0 Å². The van der Waals surface area contributed by atoms with Gasteiger partial charge in [0.05, 0.1) is 6.42 Å². The molecule has 0 bridgehead atoms. The first kappa shape index (κ1) is 16.0. The van der Waals surface area contributed by atoms with E-state index in [1.54, 1.807) is 4.90 Å². The number of carbonyl (C=O) groups is 2. The van der Waals surface area contributed by atoms with Gasteiger partial charge in [-0.1, -0.05) is 13.8 Å². The first-order valence-corrected chi connectivity index (χ1v) is 7.15. The third kappa shape index (κ3) is 6.05. The average molecular weight is 270 g/mol. The molecule has 5 heteroatoms. The lowest BCUT2D eigenvalue weighted by atomic mass is 9.93. The molecule has 3 N–H and O–H groups in total. The molecule has 19 heavy (non-hydrogen) atoms. The molecule has 1 aliphatic rings. The zero-order chi connectivity index (χ0) is 14.4. The number of nitrogens with two attached hydrogens (primary N) is 1. The molecule has 1 saturated carbocycles. The van der Waals surface area contributed by atoms with Crippen molar-refractivity contribution in [3.8, 4) is 0 Å². The summed E-state index contributed by atoms with van der Waals surface area (Å²) in [6.45, 7) is 5.09. The van der Waals surface area contributed by atoms with E-state index < -0.39 is 5.97 Å². The fourth-order valence-electron chi connectivity index (χ4n) is 2.41. The predicted molar refractivity (Wildman–Crippen MR) is 73.6 cm³/mol. The molecule has 1 amide bonds. The minimum Gasteiger partial charge on any atom is -0.481 e. The smallest absolute Gasteiger partial charge is 0.305 e. The van der Waals surface area contributed by atoms with Crippen LogP contribution in [-0.2, 0) is 9.59 Å². The van der Waals surface area contributed by atoms with E-state index in [1.165, 1.54) is 0 Å². The standard InChI is InChI=1S/C14H26N2O3/c1-10(2)7-11(9-15)8-13(17)16(12-3-4-12)6-5-14(18)19/h10-12H,3-9,15H2,1-2H3,(H,18,19)/t11-/m0/s1. The van der Waals surface area contributed by atoms with Crippen LogP contribution >= 0.6 is 0 Å². The number of rotatable bonds is 9. The fourth-order valence-corrected chi connectivity index (χ4v) is 2.41. The van der Waals surface area contributed by atoms with Gasteiger partial charge in [-0.05, 0) is 37.6 Å². The second kappa shape index (κ2) is 7.48. The Hall–Kier alpha value is -1.10. The highest BCUT2D eigenvalue weighted by Crippen LogP contribution is 2.28. The molecule has 0 radical (unpaired) electrons. The maximum atomic E-state index is 12.3. The Balaban J connectivity index is 2.48. The minimum absolute atomic E-state index is 0.0275. The third-order valence-electron chi connectivity index (χ3n) is 3.48. The van der Waals surface area contributed by atoms with Crippen LogP contribution < -0.4 is 5.73 Å². The summed E-state index contributed by atoms with van der Waals surface area (Å²) in [7, 11) is 0. The summed E-state index contributed by atoms with van der Waals surface area (Å²) in [4.78, 5) is 24.6. The SMILES string of the molecule is CC(C)C[C@H](CN)CC(=O)N(CCC(=O)O)C1CC1. The Morgan fingerprint density at radius 1 is 1.37 bits per heavy atom. The Labute approximate surface area is 115 Å². The lowest BCUT2D eigenvalue weighted by Gasteiger charge is -2.25. The summed E-state index contributed by atoms with van der Waals surface area (Å²) in [5.74, 6) is -0.0517. The first-order chi connectivity index (χ1) is 8.93. The molecule has 1 atom stereocenters. The van der Waals surface area contributed by atoms with E-state index in [1.807, 2.05) is 0 Å². The Bertz CT molecular complexity index is 314. The molecule has 5 nitrogen and oxygen atoms in total. The number of hydrogen-bond donors (Lipinski definition) is 2. The van der Waals surface area contributed by atoms with Crippen LogP contribution in [0.5, 0.6) is 0 Å². The Kier molecular flexibility index (Phi) is 6.28. The highest BCUT2D eigenvalue weighted by molar-refractivity contribution is 5.78. The normalized spacial score (nSPS) is 16.4. The van der Waals surface area contributed by atoms with Crippen molar-refractivity contribution in [3.05, 3.63) is 0 Å². The van der Waals surface area contributed by atoms with Crippen molar-refractivity contribution < 1.29 is 14.7 Å². The quantitative estimate of drug-likeness (QED) is 0.664. The second-order valence-corrected chi connectivity index (χ2v) is 5.90. The molecule has 1 rings (SSSR count). The summed E-state index contributed by atoms with van der Waals surface area (Å²) >= 11 is 0. The van der Waals surface area contributed by atoms with Gasteiger partial charge in [0.25, 0.3) is 0 Å². The number of nitrogens with zero attached hydrogens (tertiary/aromatic N) is 1. The average Bonchev–Trinajstić information content (AvgIpc) is 3.11. The van der Waals surface area contributed by atoms with E-state index in [9.17, 15) is 9.59 Å². The van der Waals surface area contributed by atoms with E-state index in [2.05, 4.69) is 13.8 Å². The molecule has 0 heterocycles. The van der Waals surface area contributed by atoms with Crippen molar-refractivity contribution in [1.82, 2.24) is 4.90 Å². The van der Waals surface area contributed by atoms with Crippen LogP contribution in [-0.4, -0.2) is 41.0 Å². The minimum atomic E-state index is -0.851. The Morgan fingerprint density at radius 2 is 2.00 bits per heavy atom. The van der Waals surface area contributed by atoms with Gasteiger partial charge in [0.2, 0.25) is 5.91 Å². The van der Waals surface area contributed by atoms with Crippen LogP contribution in [0.15, 0.2) is 0 Å². The van der Waals surface area contributed by atoms with Gasteiger partial charge in [-0.25, -0.2) is 0 Å². The van der Waals surface area contributed by atoms with Gasteiger partial charge in [0.1, 0.15) is 0 Å². The van der Waals surface area contributed by atoms with Crippen molar-refractivity contribution in [1.29, 1.82) is 0 Å². The van der Waals surface area contributed by atoms with Crippen LogP contribution in [0.4, 0.5) is 0 Å². The van der Waals surface area contributed by atoms with Crippen LogP contribution in [0.3, 0.4) is 0 Å². The number of carboxylic acids is 1. The second-order valence-electron chi connectivity index (χ2n) is 5.90. The highest BCUT2D eigenvalue weighted by Gasteiger charge is 2.33. The summed E-state index contributed by atoms with van der Waals surface area (Å²) in [6.07, 6.45) is 3.43. The molecule has 0 aliphatic heterocycles. The lowest BCUT2D eigenvalue weighted by Crippen LogP contribution is -2.37. The number of amides is 1. The number of aliphatic carboxylic acids is 1. The molecule has 1 fully saturated rings. The zero-order valence-corrected chi connectivity index (χ0v) is 12.0. The highest BCUT2D eigenvalue weighted by atomic mass is 16.4. The molecule has 0 unspecified atom stereocenters. The van der Waals surface area contributed by atoms with Crippen molar-refractivity contribution >= 4 is 11.9 Å². The molecule has 0 spiro atoms. The predicted octanol–water partition coefficient (Wildman–Crippen LogP) is 1.46.